The van der Waals surface area contributed by atoms with Crippen LogP contribution in [0.4, 0.5) is 0 Å². The highest BCUT2D eigenvalue weighted by molar-refractivity contribution is 7.09. The summed E-state index contributed by atoms with van der Waals surface area (Å²) in [5.41, 5.74) is 4.24. The standard InChI is InChI=1S/C25H22N4O3S/c1-16-4-3-11-29-13-19(28-24(16)29)14-31-20-7-5-18(6-8-20)25(30)26-12-21-9-10-23(32-21)22-15-33-17(2)27-22/h3-11,13,15H,12,14H2,1-2H3,(H,26,30). The highest BCUT2D eigenvalue weighted by atomic mass is 32.1. The first-order valence-corrected chi connectivity index (χ1v) is 11.4. The Morgan fingerprint density at radius 1 is 1.12 bits per heavy atom. The van der Waals surface area contributed by atoms with Gasteiger partial charge in [-0.2, -0.15) is 0 Å². The van der Waals surface area contributed by atoms with Crippen molar-refractivity contribution < 1.29 is 13.9 Å². The Morgan fingerprint density at radius 2 is 1.97 bits per heavy atom. The number of thiazole rings is 1. The normalized spacial score (nSPS) is 11.1. The van der Waals surface area contributed by atoms with Gasteiger partial charge in [-0.1, -0.05) is 6.07 Å². The molecule has 7 nitrogen and oxygen atoms in total. The lowest BCUT2D eigenvalue weighted by Gasteiger charge is -2.06. The summed E-state index contributed by atoms with van der Waals surface area (Å²) in [5.74, 6) is 1.87. The average molecular weight is 459 g/mol. The molecule has 1 aromatic carbocycles. The fraction of sp³-hybridized carbons (Fsp3) is 0.160. The first-order valence-electron chi connectivity index (χ1n) is 10.5. The van der Waals surface area contributed by atoms with Crippen LogP contribution >= 0.6 is 11.3 Å². The number of amides is 1. The zero-order chi connectivity index (χ0) is 22.8. The fourth-order valence-corrected chi connectivity index (χ4v) is 4.09. The highest BCUT2D eigenvalue weighted by Gasteiger charge is 2.11. The maximum absolute atomic E-state index is 12.5. The number of carbonyl (C=O) groups is 1. The third-order valence-corrected chi connectivity index (χ3v) is 5.96. The second-order valence-corrected chi connectivity index (χ2v) is 8.73. The monoisotopic (exact) mass is 458 g/mol. The summed E-state index contributed by atoms with van der Waals surface area (Å²) in [4.78, 5) is 21.5. The average Bonchev–Trinajstić information content (AvgIpc) is 3.56. The second kappa shape index (κ2) is 8.91. The van der Waals surface area contributed by atoms with E-state index in [0.717, 1.165) is 27.6 Å². The fourth-order valence-electron chi connectivity index (χ4n) is 3.49. The third-order valence-electron chi connectivity index (χ3n) is 5.19. The molecule has 0 aliphatic carbocycles. The number of rotatable bonds is 7. The lowest BCUT2D eigenvalue weighted by Crippen LogP contribution is -2.22. The molecule has 0 unspecified atom stereocenters. The number of benzene rings is 1. The molecule has 0 spiro atoms. The molecule has 0 bridgehead atoms. The van der Waals surface area contributed by atoms with Crippen LogP contribution in [0.5, 0.6) is 5.75 Å². The van der Waals surface area contributed by atoms with E-state index in [1.165, 1.54) is 0 Å². The van der Waals surface area contributed by atoms with Crippen LogP contribution in [0.15, 0.2) is 70.7 Å². The molecule has 1 N–H and O–H groups in total. The Bertz CT molecular complexity index is 1420. The zero-order valence-corrected chi connectivity index (χ0v) is 19.1. The predicted octanol–water partition coefficient (Wildman–Crippen LogP) is 5.18. The number of nitrogens with one attached hydrogen (secondary N) is 1. The van der Waals surface area contributed by atoms with Gasteiger partial charge >= 0.3 is 0 Å². The Hall–Kier alpha value is -3.91. The van der Waals surface area contributed by atoms with Crippen molar-refractivity contribution in [1.82, 2.24) is 19.7 Å². The van der Waals surface area contributed by atoms with Gasteiger partial charge in [0, 0.05) is 23.3 Å². The number of nitrogens with zero attached hydrogens (tertiary/aromatic N) is 3. The number of carbonyl (C=O) groups excluding carboxylic acids is 1. The van der Waals surface area contributed by atoms with E-state index in [1.807, 2.05) is 60.3 Å². The summed E-state index contributed by atoms with van der Waals surface area (Å²) >= 11 is 1.57. The molecule has 0 saturated heterocycles. The molecule has 5 rings (SSSR count). The van der Waals surface area contributed by atoms with Gasteiger partial charge < -0.3 is 18.9 Å². The summed E-state index contributed by atoms with van der Waals surface area (Å²) in [6.45, 7) is 4.64. The second-order valence-electron chi connectivity index (χ2n) is 7.67. The molecular weight excluding hydrogens is 436 g/mol. The molecule has 166 valence electrons. The van der Waals surface area contributed by atoms with Crippen molar-refractivity contribution in [3.05, 3.63) is 93.9 Å². The number of ether oxygens (including phenoxy) is 1. The van der Waals surface area contributed by atoms with Gasteiger partial charge in [0.05, 0.1) is 17.2 Å². The zero-order valence-electron chi connectivity index (χ0n) is 18.2. The summed E-state index contributed by atoms with van der Waals surface area (Å²) in [7, 11) is 0. The summed E-state index contributed by atoms with van der Waals surface area (Å²) in [6, 6.07) is 14.8. The Kier molecular flexibility index (Phi) is 5.66. The van der Waals surface area contributed by atoms with Crippen molar-refractivity contribution in [2.24, 2.45) is 0 Å². The maximum atomic E-state index is 12.5. The lowest BCUT2D eigenvalue weighted by molar-refractivity contribution is 0.0948. The summed E-state index contributed by atoms with van der Waals surface area (Å²) in [5, 5.41) is 5.82. The van der Waals surface area contributed by atoms with E-state index >= 15 is 0 Å². The number of imidazole rings is 1. The van der Waals surface area contributed by atoms with Crippen molar-refractivity contribution in [3.8, 4) is 17.2 Å². The van der Waals surface area contributed by atoms with E-state index in [2.05, 4.69) is 15.3 Å². The first-order chi connectivity index (χ1) is 16.0. The van der Waals surface area contributed by atoms with Crippen molar-refractivity contribution in [2.75, 3.05) is 0 Å². The molecule has 0 radical (unpaired) electrons. The number of hydrogen-bond acceptors (Lipinski definition) is 6. The van der Waals surface area contributed by atoms with Gasteiger partial charge in [0.25, 0.3) is 5.91 Å². The number of pyridine rings is 1. The Balaban J connectivity index is 1.15. The predicted molar refractivity (Wildman–Crippen MR) is 126 cm³/mol. The van der Waals surface area contributed by atoms with Crippen molar-refractivity contribution >= 4 is 22.9 Å². The van der Waals surface area contributed by atoms with Crippen LogP contribution in [-0.4, -0.2) is 20.3 Å². The number of fused-ring (bicyclic) bond motifs is 1. The smallest absolute Gasteiger partial charge is 0.251 e. The van der Waals surface area contributed by atoms with E-state index < -0.39 is 0 Å². The van der Waals surface area contributed by atoms with Crippen LogP contribution in [0.3, 0.4) is 0 Å². The van der Waals surface area contributed by atoms with E-state index in [4.69, 9.17) is 9.15 Å². The van der Waals surface area contributed by atoms with Gasteiger partial charge in [-0.3, -0.25) is 4.79 Å². The van der Waals surface area contributed by atoms with Crippen LogP contribution in [0.1, 0.15) is 32.4 Å². The van der Waals surface area contributed by atoms with Crippen molar-refractivity contribution in [2.45, 2.75) is 27.0 Å². The van der Waals surface area contributed by atoms with Gasteiger partial charge in [0.1, 0.15) is 29.5 Å². The molecule has 4 aromatic heterocycles. The molecule has 8 heteroatoms. The van der Waals surface area contributed by atoms with E-state index in [9.17, 15) is 4.79 Å². The molecule has 1 amide bonds. The van der Waals surface area contributed by atoms with Crippen molar-refractivity contribution in [3.63, 3.8) is 0 Å². The van der Waals surface area contributed by atoms with Crippen LogP contribution in [0, 0.1) is 13.8 Å². The molecule has 0 aliphatic rings. The molecule has 0 aliphatic heterocycles. The summed E-state index contributed by atoms with van der Waals surface area (Å²) in [6.07, 6.45) is 3.93. The number of aryl methyl sites for hydroxylation is 2. The van der Waals surface area contributed by atoms with Gasteiger partial charge in [-0.25, -0.2) is 9.97 Å². The molecule has 33 heavy (non-hydrogen) atoms. The molecular formula is C25H22N4O3S. The topological polar surface area (TPSA) is 81.7 Å². The van der Waals surface area contributed by atoms with E-state index in [0.29, 0.717) is 36.0 Å². The minimum absolute atomic E-state index is 0.181. The minimum Gasteiger partial charge on any atom is -0.487 e. The van der Waals surface area contributed by atoms with Gasteiger partial charge in [-0.05, 0) is 61.9 Å². The largest absolute Gasteiger partial charge is 0.487 e. The molecule has 0 saturated carbocycles. The minimum atomic E-state index is -0.181. The molecule has 0 atom stereocenters. The SMILES string of the molecule is Cc1nc(-c2ccc(CNC(=O)c3ccc(OCc4cn5cccc(C)c5n4)cc3)o2)cs1. The van der Waals surface area contributed by atoms with Crippen LogP contribution in [0.2, 0.25) is 0 Å². The molecule has 0 fully saturated rings. The Morgan fingerprint density at radius 3 is 2.73 bits per heavy atom. The van der Waals surface area contributed by atoms with Gasteiger partial charge in [0.15, 0.2) is 5.76 Å². The first kappa shape index (κ1) is 21.0. The van der Waals surface area contributed by atoms with E-state index in [-0.39, 0.29) is 5.91 Å². The summed E-state index contributed by atoms with van der Waals surface area (Å²) < 4.78 is 13.6. The highest BCUT2D eigenvalue weighted by Crippen LogP contribution is 2.24. The quantitative estimate of drug-likeness (QED) is 0.364. The van der Waals surface area contributed by atoms with Gasteiger partial charge in [-0.15, -0.1) is 11.3 Å². The van der Waals surface area contributed by atoms with E-state index in [1.54, 1.807) is 35.6 Å². The maximum Gasteiger partial charge on any atom is 0.251 e. The van der Waals surface area contributed by atoms with Crippen molar-refractivity contribution in [1.29, 1.82) is 0 Å². The number of hydrogen-bond donors (Lipinski definition) is 1. The van der Waals surface area contributed by atoms with Crippen LogP contribution in [-0.2, 0) is 13.2 Å². The molecule has 5 aromatic rings. The van der Waals surface area contributed by atoms with Crippen LogP contribution in [0.25, 0.3) is 17.1 Å². The lowest BCUT2D eigenvalue weighted by atomic mass is 10.2. The number of aromatic nitrogens is 3. The Labute approximate surface area is 194 Å². The van der Waals surface area contributed by atoms with Crippen LogP contribution < -0.4 is 10.1 Å². The molecule has 4 heterocycles. The van der Waals surface area contributed by atoms with Gasteiger partial charge in [0.2, 0.25) is 0 Å². The third kappa shape index (κ3) is 4.65. The number of furan rings is 1.